The molecule has 2 aromatic carbocycles. The molecule has 0 aliphatic heterocycles. The van der Waals surface area contributed by atoms with Gasteiger partial charge in [-0.15, -0.1) is 0 Å². The molecule has 134 valence electrons. The number of aliphatic hydroxyl groups is 1. The summed E-state index contributed by atoms with van der Waals surface area (Å²) >= 11 is 0. The first kappa shape index (κ1) is 19.1. The minimum atomic E-state index is -1.28. The highest BCUT2D eigenvalue weighted by atomic mass is 19.1. The largest absolute Gasteiger partial charge is 0.384 e. The van der Waals surface area contributed by atoms with Gasteiger partial charge in [0.05, 0.1) is 6.54 Å². The Bertz CT molecular complexity index is 687. The van der Waals surface area contributed by atoms with Crippen molar-refractivity contribution in [2.24, 2.45) is 0 Å². The standard InChI is InChI=1S/C20H25FN2O2/c1-4-23(3)18(15-8-6-5-7-9-15)19(24)22-14-20(2,25)16-10-12-17(21)13-11-16/h5-13,18,25H,4,14H2,1-3H3,(H,22,24). The van der Waals surface area contributed by atoms with Gasteiger partial charge in [-0.2, -0.15) is 0 Å². The van der Waals surface area contributed by atoms with Gasteiger partial charge in [0.2, 0.25) is 5.91 Å². The van der Waals surface area contributed by atoms with Crippen molar-refractivity contribution in [1.82, 2.24) is 10.2 Å². The van der Waals surface area contributed by atoms with Gasteiger partial charge in [-0.1, -0.05) is 49.4 Å². The van der Waals surface area contributed by atoms with Gasteiger partial charge in [-0.05, 0) is 43.8 Å². The lowest BCUT2D eigenvalue weighted by molar-refractivity contribution is -0.127. The van der Waals surface area contributed by atoms with Crippen LogP contribution in [0.1, 0.15) is 31.0 Å². The van der Waals surface area contributed by atoms with Crippen molar-refractivity contribution >= 4 is 5.91 Å². The zero-order valence-electron chi connectivity index (χ0n) is 14.9. The number of carbonyl (C=O) groups is 1. The molecule has 2 rings (SSSR count). The van der Waals surface area contributed by atoms with Crippen LogP contribution >= 0.6 is 0 Å². The summed E-state index contributed by atoms with van der Waals surface area (Å²) < 4.78 is 13.1. The van der Waals surface area contributed by atoms with Gasteiger partial charge in [0.25, 0.3) is 0 Å². The van der Waals surface area contributed by atoms with E-state index < -0.39 is 11.6 Å². The van der Waals surface area contributed by atoms with Gasteiger partial charge in [-0.25, -0.2) is 4.39 Å². The van der Waals surface area contributed by atoms with Crippen molar-refractivity contribution in [2.75, 3.05) is 20.1 Å². The van der Waals surface area contributed by atoms with Crippen LogP contribution in [0.3, 0.4) is 0 Å². The van der Waals surface area contributed by atoms with Crippen LogP contribution in [0, 0.1) is 5.82 Å². The van der Waals surface area contributed by atoms with Gasteiger partial charge < -0.3 is 10.4 Å². The lowest BCUT2D eigenvalue weighted by Gasteiger charge is -2.29. The van der Waals surface area contributed by atoms with Gasteiger partial charge in [0.15, 0.2) is 0 Å². The highest BCUT2D eigenvalue weighted by molar-refractivity contribution is 5.83. The Hall–Kier alpha value is -2.24. The fourth-order valence-electron chi connectivity index (χ4n) is 2.69. The first-order valence-electron chi connectivity index (χ1n) is 8.36. The van der Waals surface area contributed by atoms with E-state index in [1.165, 1.54) is 24.3 Å². The zero-order valence-corrected chi connectivity index (χ0v) is 14.9. The molecular weight excluding hydrogens is 319 g/mol. The predicted molar refractivity (Wildman–Crippen MR) is 96.5 cm³/mol. The van der Waals surface area contributed by atoms with Crippen LogP contribution in [0.25, 0.3) is 0 Å². The maximum absolute atomic E-state index is 13.1. The molecule has 0 aliphatic rings. The molecular formula is C20H25FN2O2. The van der Waals surface area contributed by atoms with E-state index in [2.05, 4.69) is 5.32 Å². The smallest absolute Gasteiger partial charge is 0.242 e. The number of hydrogen-bond donors (Lipinski definition) is 2. The van der Waals surface area contributed by atoms with Crippen molar-refractivity contribution < 1.29 is 14.3 Å². The molecule has 0 saturated carbocycles. The van der Waals surface area contributed by atoms with E-state index in [-0.39, 0.29) is 18.3 Å². The quantitative estimate of drug-likeness (QED) is 0.812. The topological polar surface area (TPSA) is 52.6 Å². The number of nitrogens with one attached hydrogen (secondary N) is 1. The van der Waals surface area contributed by atoms with Gasteiger partial charge in [0, 0.05) is 0 Å². The van der Waals surface area contributed by atoms with Crippen molar-refractivity contribution in [1.29, 1.82) is 0 Å². The minimum absolute atomic E-state index is 0.0400. The molecule has 0 fully saturated rings. The van der Waals surface area contributed by atoms with E-state index in [1.807, 2.05) is 49.2 Å². The normalized spacial score (nSPS) is 14.8. The van der Waals surface area contributed by atoms with Crippen molar-refractivity contribution in [3.05, 3.63) is 71.5 Å². The number of nitrogens with zero attached hydrogens (tertiary/aromatic N) is 1. The molecule has 0 saturated heterocycles. The molecule has 2 atom stereocenters. The molecule has 0 spiro atoms. The van der Waals surface area contributed by atoms with Crippen LogP contribution in [-0.2, 0) is 10.4 Å². The maximum Gasteiger partial charge on any atom is 0.242 e. The summed E-state index contributed by atoms with van der Waals surface area (Å²) in [6.45, 7) is 4.33. The van der Waals surface area contributed by atoms with Crippen molar-refractivity contribution in [2.45, 2.75) is 25.5 Å². The fourth-order valence-corrected chi connectivity index (χ4v) is 2.69. The van der Waals surface area contributed by atoms with Crippen LogP contribution < -0.4 is 5.32 Å². The number of halogens is 1. The molecule has 1 amide bonds. The number of carbonyl (C=O) groups excluding carboxylic acids is 1. The lowest BCUT2D eigenvalue weighted by Crippen LogP contribution is -2.44. The Balaban J connectivity index is 2.11. The van der Waals surface area contributed by atoms with E-state index in [9.17, 15) is 14.3 Å². The summed E-state index contributed by atoms with van der Waals surface area (Å²) in [5, 5.41) is 13.4. The molecule has 5 heteroatoms. The molecule has 0 aliphatic carbocycles. The molecule has 25 heavy (non-hydrogen) atoms. The van der Waals surface area contributed by atoms with E-state index in [0.29, 0.717) is 12.1 Å². The van der Waals surface area contributed by atoms with Gasteiger partial charge >= 0.3 is 0 Å². The summed E-state index contributed by atoms with van der Waals surface area (Å²) in [6, 6.07) is 14.7. The molecule has 0 heterocycles. The Morgan fingerprint density at radius 3 is 2.36 bits per heavy atom. The van der Waals surface area contributed by atoms with Crippen LogP contribution in [0.15, 0.2) is 54.6 Å². The number of likely N-dealkylation sites (N-methyl/N-ethyl adjacent to an activating group) is 1. The summed E-state index contributed by atoms with van der Waals surface area (Å²) in [5.41, 5.74) is 0.162. The molecule has 4 nitrogen and oxygen atoms in total. The Morgan fingerprint density at radius 1 is 1.20 bits per heavy atom. The Kier molecular flexibility index (Phi) is 6.28. The molecule has 0 bridgehead atoms. The van der Waals surface area contributed by atoms with E-state index in [0.717, 1.165) is 5.56 Å². The lowest BCUT2D eigenvalue weighted by atomic mass is 9.95. The molecule has 2 unspecified atom stereocenters. The third kappa shape index (κ3) is 4.87. The Morgan fingerprint density at radius 2 is 1.80 bits per heavy atom. The summed E-state index contributed by atoms with van der Waals surface area (Å²) in [4.78, 5) is 14.7. The second-order valence-electron chi connectivity index (χ2n) is 6.39. The summed E-state index contributed by atoms with van der Waals surface area (Å²) in [6.07, 6.45) is 0. The van der Waals surface area contributed by atoms with Crippen LogP contribution in [0.4, 0.5) is 4.39 Å². The van der Waals surface area contributed by atoms with Crippen LogP contribution in [-0.4, -0.2) is 36.1 Å². The van der Waals surface area contributed by atoms with E-state index in [4.69, 9.17) is 0 Å². The number of hydrogen-bond acceptors (Lipinski definition) is 3. The second-order valence-corrected chi connectivity index (χ2v) is 6.39. The Labute approximate surface area is 148 Å². The maximum atomic E-state index is 13.1. The molecule has 2 N–H and O–H groups in total. The zero-order chi connectivity index (χ0) is 18.4. The second kappa shape index (κ2) is 8.23. The minimum Gasteiger partial charge on any atom is -0.384 e. The number of benzene rings is 2. The molecule has 2 aromatic rings. The summed E-state index contributed by atoms with van der Waals surface area (Å²) in [7, 11) is 1.88. The highest BCUT2D eigenvalue weighted by Gasteiger charge is 2.28. The van der Waals surface area contributed by atoms with Crippen molar-refractivity contribution in [3.63, 3.8) is 0 Å². The van der Waals surface area contributed by atoms with Gasteiger partial charge in [0.1, 0.15) is 17.5 Å². The highest BCUT2D eigenvalue weighted by Crippen LogP contribution is 2.22. The predicted octanol–water partition coefficient (Wildman–Crippen LogP) is 2.84. The third-order valence-electron chi connectivity index (χ3n) is 4.38. The fraction of sp³-hybridized carbons (Fsp3) is 0.350. The SMILES string of the molecule is CCN(C)C(C(=O)NCC(C)(O)c1ccc(F)cc1)c1ccccc1. The molecule has 0 radical (unpaired) electrons. The van der Waals surface area contributed by atoms with Gasteiger partial charge in [-0.3, -0.25) is 9.69 Å². The number of amides is 1. The summed E-state index contributed by atoms with van der Waals surface area (Å²) in [5.74, 6) is -0.546. The third-order valence-corrected chi connectivity index (χ3v) is 4.38. The van der Waals surface area contributed by atoms with E-state index >= 15 is 0 Å². The van der Waals surface area contributed by atoms with Crippen LogP contribution in [0.5, 0.6) is 0 Å². The van der Waals surface area contributed by atoms with E-state index in [1.54, 1.807) is 6.92 Å². The van der Waals surface area contributed by atoms with Crippen LogP contribution in [0.2, 0.25) is 0 Å². The molecule has 0 aromatic heterocycles. The first-order valence-corrected chi connectivity index (χ1v) is 8.36. The number of rotatable bonds is 7. The monoisotopic (exact) mass is 344 g/mol. The first-order chi connectivity index (χ1) is 11.8. The van der Waals surface area contributed by atoms with Crippen molar-refractivity contribution in [3.8, 4) is 0 Å². The average Bonchev–Trinajstić information content (AvgIpc) is 2.61. The average molecular weight is 344 g/mol.